The molecule has 0 heterocycles. The minimum Gasteiger partial charge on any atom is -0.147 e. The molecule has 7 heavy (non-hydrogen) atoms. The number of hydrogen-bond acceptors (Lipinski definition) is 0. The van der Waals surface area contributed by atoms with Crippen molar-refractivity contribution in [3.8, 4) is 11.1 Å². The lowest BCUT2D eigenvalue weighted by molar-refractivity contribution is 1.55. The fourth-order valence-electron chi connectivity index (χ4n) is 0.663. The summed E-state index contributed by atoms with van der Waals surface area (Å²) in [6, 6.07) is 8.48. The molecule has 0 bridgehead atoms. The monoisotopic (exact) mass is 112 g/mol. The molecule has 2 aliphatic carbocycles. The molecule has 0 fully saturated rings. The minimum absolute atomic E-state index is 0. The average Bonchev–Trinajstić information content (AvgIpc) is 1.54. The fraction of sp³-hybridized carbons (Fsp3) is 0. The molecule has 36 valence electrons. The third-order valence-electron chi connectivity index (χ3n) is 1.22. The molecule has 0 aromatic rings. The summed E-state index contributed by atoms with van der Waals surface area (Å²) < 4.78 is 0. The largest absolute Gasteiger partial charge is 0.147 e. The van der Waals surface area contributed by atoms with Gasteiger partial charge in [0.05, 0.1) is 0 Å². The van der Waals surface area contributed by atoms with Gasteiger partial charge < -0.3 is 0 Å². The highest BCUT2D eigenvalue weighted by Crippen LogP contribution is 2.29. The van der Waals surface area contributed by atoms with Gasteiger partial charge in [0.2, 0.25) is 0 Å². The van der Waals surface area contributed by atoms with Gasteiger partial charge >= 0.3 is 0 Å². The van der Waals surface area contributed by atoms with Crippen LogP contribution in [0.4, 0.5) is 0 Å². The van der Waals surface area contributed by atoms with Gasteiger partial charge in [-0.05, 0) is 11.1 Å². The first-order valence-electron chi connectivity index (χ1n) is 2.07. The van der Waals surface area contributed by atoms with E-state index in [1.807, 2.05) is 0 Å². The molecule has 0 aromatic carbocycles. The lowest BCUT2D eigenvalue weighted by Crippen LogP contribution is -1.85. The Bertz CT molecular complexity index is 143. The predicted octanol–water partition coefficient (Wildman–Crippen LogP) is 2.09. The Balaban J connectivity index is 0.000000245. The molecule has 0 aromatic heterocycles. The van der Waals surface area contributed by atoms with Crippen LogP contribution in [0.15, 0.2) is 24.3 Å². The maximum Gasteiger partial charge on any atom is -0.0184 e. The highest BCUT2D eigenvalue weighted by molar-refractivity contribution is 5.85. The summed E-state index contributed by atoms with van der Waals surface area (Å²) >= 11 is 0. The van der Waals surface area contributed by atoms with Gasteiger partial charge in [-0.25, -0.2) is 0 Å². The Morgan fingerprint density at radius 2 is 1.00 bits per heavy atom. The highest BCUT2D eigenvalue weighted by Gasteiger charge is 2.03. The van der Waals surface area contributed by atoms with Crippen LogP contribution in [-0.2, 0) is 0 Å². The van der Waals surface area contributed by atoms with Crippen LogP contribution in [0.1, 0.15) is 0 Å². The van der Waals surface area contributed by atoms with E-state index in [4.69, 9.17) is 0 Å². The van der Waals surface area contributed by atoms with E-state index < -0.39 is 0 Å². The number of halogens is 1. The summed E-state index contributed by atoms with van der Waals surface area (Å²) in [7, 11) is 0. The normalized spacial score (nSPS) is 9.71. The van der Waals surface area contributed by atoms with Gasteiger partial charge in [0.25, 0.3) is 0 Å². The van der Waals surface area contributed by atoms with Crippen molar-refractivity contribution in [2.45, 2.75) is 0 Å². The van der Waals surface area contributed by atoms with Crippen LogP contribution in [-0.4, -0.2) is 0 Å². The smallest absolute Gasteiger partial charge is 0.0184 e. The Hall–Kier alpha value is -0.490. The molecule has 0 nitrogen and oxygen atoms in total. The van der Waals surface area contributed by atoms with Crippen molar-refractivity contribution in [1.29, 1.82) is 0 Å². The second-order valence-corrected chi connectivity index (χ2v) is 1.58. The van der Waals surface area contributed by atoms with Gasteiger partial charge in [-0.1, -0.05) is 24.3 Å². The van der Waals surface area contributed by atoms with Crippen LogP contribution < -0.4 is 0 Å². The van der Waals surface area contributed by atoms with Gasteiger partial charge in [-0.15, -0.1) is 12.4 Å². The van der Waals surface area contributed by atoms with E-state index in [0.29, 0.717) is 0 Å². The van der Waals surface area contributed by atoms with Crippen LogP contribution in [0.2, 0.25) is 0 Å². The minimum atomic E-state index is 0. The first-order valence-corrected chi connectivity index (χ1v) is 2.07. The summed E-state index contributed by atoms with van der Waals surface area (Å²) in [5, 5.41) is 0. The van der Waals surface area contributed by atoms with E-state index in [0.717, 1.165) is 0 Å². The number of hydrogen-bond donors (Lipinski definition) is 0. The van der Waals surface area contributed by atoms with Gasteiger partial charge in [0.1, 0.15) is 0 Å². The van der Waals surface area contributed by atoms with Crippen LogP contribution in [0.3, 0.4) is 0 Å². The molecule has 0 saturated heterocycles. The SMILES string of the molecule is Cl.c1cc2ccc1-2. The Morgan fingerprint density at radius 3 is 1.00 bits per heavy atom. The Morgan fingerprint density at radius 1 is 0.714 bits per heavy atom. The molecule has 0 unspecified atom stereocenters. The molecule has 0 atom stereocenters. The van der Waals surface area contributed by atoms with E-state index in [9.17, 15) is 0 Å². The first-order chi connectivity index (χ1) is 2.97. The van der Waals surface area contributed by atoms with Gasteiger partial charge in [0.15, 0.2) is 0 Å². The standard InChI is InChI=1S/C6H4.ClH/c1-2-6-4-3-5(1)6;/h1-4H;1H. The zero-order valence-electron chi connectivity index (χ0n) is 3.72. The summed E-state index contributed by atoms with van der Waals surface area (Å²) in [6.45, 7) is 0. The quantitative estimate of drug-likeness (QED) is 0.490. The van der Waals surface area contributed by atoms with Crippen molar-refractivity contribution in [2.24, 2.45) is 0 Å². The summed E-state index contributed by atoms with van der Waals surface area (Å²) in [6.07, 6.45) is 0. The molecule has 2 aliphatic rings. The van der Waals surface area contributed by atoms with Gasteiger partial charge in [-0.3, -0.25) is 0 Å². The maximum atomic E-state index is 2.12. The summed E-state index contributed by atoms with van der Waals surface area (Å²) in [4.78, 5) is 0. The fourth-order valence-corrected chi connectivity index (χ4v) is 0.663. The first kappa shape index (κ1) is 4.66. The topological polar surface area (TPSA) is 0 Å². The Kier molecular flexibility index (Phi) is 0.826. The zero-order chi connectivity index (χ0) is 3.98. The van der Waals surface area contributed by atoms with E-state index in [-0.39, 0.29) is 12.4 Å². The van der Waals surface area contributed by atoms with Crippen molar-refractivity contribution >= 4 is 12.4 Å². The van der Waals surface area contributed by atoms with Crippen molar-refractivity contribution < 1.29 is 0 Å². The molecule has 0 N–H and O–H groups in total. The maximum absolute atomic E-state index is 2.12. The molecule has 0 spiro atoms. The second-order valence-electron chi connectivity index (χ2n) is 1.58. The molecular formula is C6H5Cl. The molecule has 0 amide bonds. The van der Waals surface area contributed by atoms with E-state index in [1.165, 1.54) is 11.1 Å². The van der Waals surface area contributed by atoms with Crippen LogP contribution in [0, 0.1) is 0 Å². The van der Waals surface area contributed by atoms with Crippen LogP contribution in [0.25, 0.3) is 11.1 Å². The van der Waals surface area contributed by atoms with Crippen molar-refractivity contribution in [3.63, 3.8) is 0 Å². The predicted molar refractivity (Wildman–Crippen MR) is 32.7 cm³/mol. The molecule has 0 radical (unpaired) electrons. The summed E-state index contributed by atoms with van der Waals surface area (Å²) in [5.41, 5.74) is 2.85. The van der Waals surface area contributed by atoms with Crippen LogP contribution >= 0.6 is 12.4 Å². The lowest BCUT2D eigenvalue weighted by Gasteiger charge is -2.10. The molecule has 0 aliphatic heterocycles. The van der Waals surface area contributed by atoms with Gasteiger partial charge in [-0.2, -0.15) is 0 Å². The highest BCUT2D eigenvalue weighted by atomic mass is 35.5. The number of fused-ring (bicyclic) bond motifs is 1. The third-order valence-corrected chi connectivity index (χ3v) is 1.22. The van der Waals surface area contributed by atoms with Crippen molar-refractivity contribution in [1.82, 2.24) is 0 Å². The zero-order valence-corrected chi connectivity index (χ0v) is 4.53. The van der Waals surface area contributed by atoms with Crippen LogP contribution in [0.5, 0.6) is 0 Å². The molecular weight excluding hydrogens is 108 g/mol. The van der Waals surface area contributed by atoms with Crippen molar-refractivity contribution in [2.75, 3.05) is 0 Å². The number of rotatable bonds is 0. The molecule has 0 saturated carbocycles. The van der Waals surface area contributed by atoms with Gasteiger partial charge in [0, 0.05) is 0 Å². The summed E-state index contributed by atoms with van der Waals surface area (Å²) in [5.74, 6) is 0. The third kappa shape index (κ3) is 0.372. The average molecular weight is 113 g/mol. The Labute approximate surface area is 48.6 Å². The second kappa shape index (κ2) is 1.24. The lowest BCUT2D eigenvalue weighted by atomic mass is 9.95. The molecule has 1 heteroatoms. The van der Waals surface area contributed by atoms with Crippen molar-refractivity contribution in [3.05, 3.63) is 24.3 Å². The van der Waals surface area contributed by atoms with E-state index in [2.05, 4.69) is 24.3 Å². The van der Waals surface area contributed by atoms with E-state index in [1.54, 1.807) is 0 Å². The van der Waals surface area contributed by atoms with E-state index >= 15 is 0 Å². The molecule has 2 rings (SSSR count). The number of benzene rings is 1.